The van der Waals surface area contributed by atoms with Crippen LogP contribution in [0.2, 0.25) is 0 Å². The van der Waals surface area contributed by atoms with Gasteiger partial charge in [0.25, 0.3) is 0 Å². The fourth-order valence-electron chi connectivity index (χ4n) is 3.25. The summed E-state index contributed by atoms with van der Waals surface area (Å²) in [5.74, 6) is 0.0704. The standard InChI is InChI=1S/C19H31N3O2S/c1-19(2,3)13-22(5)9-8-16-11-21-18-7-6-15(10-17(16)18)12-25(23,24)14-20-4/h6-7,10-11,20-21H,8-9,12-14H2,1-5H3. The zero-order valence-electron chi connectivity index (χ0n) is 16.0. The minimum Gasteiger partial charge on any atom is -0.361 e. The van der Waals surface area contributed by atoms with Crippen LogP contribution in [-0.4, -0.2) is 51.4 Å². The molecule has 1 aromatic heterocycles. The number of aromatic amines is 1. The summed E-state index contributed by atoms with van der Waals surface area (Å²) in [4.78, 5) is 5.64. The number of H-pyrrole nitrogens is 1. The zero-order chi connectivity index (χ0) is 18.7. The molecule has 0 aliphatic carbocycles. The van der Waals surface area contributed by atoms with Crippen LogP contribution in [-0.2, 0) is 22.0 Å². The van der Waals surface area contributed by atoms with Crippen molar-refractivity contribution in [3.8, 4) is 0 Å². The molecule has 0 aliphatic rings. The van der Waals surface area contributed by atoms with Crippen LogP contribution >= 0.6 is 0 Å². The molecule has 5 nitrogen and oxygen atoms in total. The summed E-state index contributed by atoms with van der Waals surface area (Å²) in [6, 6.07) is 5.88. The van der Waals surface area contributed by atoms with E-state index in [9.17, 15) is 8.42 Å². The van der Waals surface area contributed by atoms with Crippen molar-refractivity contribution in [3.05, 3.63) is 35.5 Å². The average molecular weight is 366 g/mol. The molecule has 6 heteroatoms. The van der Waals surface area contributed by atoms with Gasteiger partial charge in [-0.15, -0.1) is 0 Å². The number of aromatic nitrogens is 1. The van der Waals surface area contributed by atoms with Crippen LogP contribution in [0, 0.1) is 5.41 Å². The summed E-state index contributed by atoms with van der Waals surface area (Å²) in [6.45, 7) is 8.75. The van der Waals surface area contributed by atoms with Gasteiger partial charge in [-0.1, -0.05) is 26.8 Å². The van der Waals surface area contributed by atoms with Crippen LogP contribution in [0.4, 0.5) is 0 Å². The van der Waals surface area contributed by atoms with Gasteiger partial charge >= 0.3 is 0 Å². The van der Waals surface area contributed by atoms with E-state index in [1.165, 1.54) is 5.56 Å². The third-order valence-electron chi connectivity index (χ3n) is 4.09. The van der Waals surface area contributed by atoms with Gasteiger partial charge in [-0.2, -0.15) is 0 Å². The number of hydrogen-bond acceptors (Lipinski definition) is 4. The van der Waals surface area contributed by atoms with Gasteiger partial charge < -0.3 is 15.2 Å². The fraction of sp³-hybridized carbons (Fsp3) is 0.579. The number of rotatable bonds is 8. The molecule has 0 spiro atoms. The van der Waals surface area contributed by atoms with E-state index in [4.69, 9.17) is 0 Å². The molecule has 1 aromatic carbocycles. The highest BCUT2D eigenvalue weighted by molar-refractivity contribution is 7.90. The molecular weight excluding hydrogens is 334 g/mol. The first-order chi connectivity index (χ1) is 11.6. The number of benzene rings is 1. The topological polar surface area (TPSA) is 65.2 Å². The van der Waals surface area contributed by atoms with Crippen LogP contribution in [0.3, 0.4) is 0 Å². The summed E-state index contributed by atoms with van der Waals surface area (Å²) in [6.07, 6.45) is 2.99. The first-order valence-electron chi connectivity index (χ1n) is 8.72. The van der Waals surface area contributed by atoms with Gasteiger partial charge in [0.2, 0.25) is 0 Å². The van der Waals surface area contributed by atoms with Gasteiger partial charge in [0, 0.05) is 30.2 Å². The lowest BCUT2D eigenvalue weighted by atomic mass is 9.96. The normalized spacial score (nSPS) is 13.0. The predicted octanol–water partition coefficient (Wildman–Crippen LogP) is 2.78. The van der Waals surface area contributed by atoms with Crippen LogP contribution in [0.15, 0.2) is 24.4 Å². The van der Waals surface area contributed by atoms with Gasteiger partial charge in [-0.3, -0.25) is 0 Å². The van der Waals surface area contributed by atoms with Crippen molar-refractivity contribution >= 4 is 20.7 Å². The lowest BCUT2D eigenvalue weighted by Crippen LogP contribution is -2.30. The lowest BCUT2D eigenvalue weighted by molar-refractivity contribution is 0.229. The van der Waals surface area contributed by atoms with E-state index in [2.05, 4.69) is 43.0 Å². The maximum atomic E-state index is 12.0. The summed E-state index contributed by atoms with van der Waals surface area (Å²) in [5.41, 5.74) is 3.42. The molecule has 0 radical (unpaired) electrons. The van der Waals surface area contributed by atoms with E-state index in [0.29, 0.717) is 0 Å². The van der Waals surface area contributed by atoms with Crippen LogP contribution in [0.25, 0.3) is 10.9 Å². The molecule has 2 N–H and O–H groups in total. The van der Waals surface area contributed by atoms with Crippen molar-refractivity contribution in [1.29, 1.82) is 0 Å². The van der Waals surface area contributed by atoms with Crippen LogP contribution < -0.4 is 5.32 Å². The highest BCUT2D eigenvalue weighted by Crippen LogP contribution is 2.22. The molecule has 0 aliphatic heterocycles. The minimum absolute atomic E-state index is 0.00261. The number of likely N-dealkylation sites (N-methyl/N-ethyl adjacent to an activating group) is 1. The summed E-state index contributed by atoms with van der Waals surface area (Å²) >= 11 is 0. The largest absolute Gasteiger partial charge is 0.361 e. The molecule has 140 valence electrons. The second kappa shape index (κ2) is 7.89. The smallest absolute Gasteiger partial charge is 0.167 e. The van der Waals surface area contributed by atoms with Crippen molar-refractivity contribution in [2.75, 3.05) is 33.1 Å². The Balaban J connectivity index is 2.12. The highest BCUT2D eigenvalue weighted by atomic mass is 32.2. The molecule has 2 aromatic rings. The third kappa shape index (κ3) is 6.13. The molecule has 0 unspecified atom stereocenters. The average Bonchev–Trinajstić information content (AvgIpc) is 2.85. The van der Waals surface area contributed by atoms with Crippen molar-refractivity contribution in [3.63, 3.8) is 0 Å². The molecule has 25 heavy (non-hydrogen) atoms. The lowest BCUT2D eigenvalue weighted by Gasteiger charge is -2.26. The Bertz CT molecular complexity index is 804. The van der Waals surface area contributed by atoms with E-state index in [1.807, 2.05) is 24.4 Å². The number of fused-ring (bicyclic) bond motifs is 1. The van der Waals surface area contributed by atoms with Crippen LogP contribution in [0.1, 0.15) is 31.9 Å². The Morgan fingerprint density at radius 1 is 1.24 bits per heavy atom. The highest BCUT2D eigenvalue weighted by Gasteiger charge is 2.15. The van der Waals surface area contributed by atoms with Gasteiger partial charge in [-0.05, 0) is 49.2 Å². The van der Waals surface area contributed by atoms with Gasteiger partial charge in [0.1, 0.15) is 0 Å². The van der Waals surface area contributed by atoms with Crippen molar-refractivity contribution < 1.29 is 8.42 Å². The first-order valence-corrected chi connectivity index (χ1v) is 10.5. The second-order valence-electron chi connectivity index (χ2n) is 8.13. The molecular formula is C19H31N3O2S. The minimum atomic E-state index is -3.12. The number of nitrogens with zero attached hydrogens (tertiary/aromatic N) is 1. The van der Waals surface area contributed by atoms with E-state index >= 15 is 0 Å². The van der Waals surface area contributed by atoms with Gasteiger partial charge in [0.05, 0.1) is 11.6 Å². The first kappa shape index (κ1) is 19.9. The molecule has 0 fully saturated rings. The molecule has 0 atom stereocenters. The Morgan fingerprint density at radius 2 is 1.96 bits per heavy atom. The van der Waals surface area contributed by atoms with Crippen molar-refractivity contribution in [1.82, 2.24) is 15.2 Å². The van der Waals surface area contributed by atoms with E-state index in [-0.39, 0.29) is 17.0 Å². The summed E-state index contributed by atoms with van der Waals surface area (Å²) < 4.78 is 24.1. The van der Waals surface area contributed by atoms with E-state index < -0.39 is 9.84 Å². The molecule has 0 saturated heterocycles. The molecule has 0 amide bonds. The molecule has 0 saturated carbocycles. The molecule has 2 rings (SSSR count). The quantitative estimate of drug-likeness (QED) is 0.755. The SMILES string of the molecule is CNCS(=O)(=O)Cc1ccc2[nH]cc(CCN(C)CC(C)(C)C)c2c1. The van der Waals surface area contributed by atoms with Gasteiger partial charge in [-0.25, -0.2) is 8.42 Å². The van der Waals surface area contributed by atoms with Gasteiger partial charge in [0.15, 0.2) is 9.84 Å². The third-order valence-corrected chi connectivity index (χ3v) is 5.59. The number of hydrogen-bond donors (Lipinski definition) is 2. The monoisotopic (exact) mass is 365 g/mol. The summed E-state index contributed by atoms with van der Waals surface area (Å²) in [7, 11) is 0.676. The van der Waals surface area contributed by atoms with Crippen LogP contribution in [0.5, 0.6) is 0 Å². The Hall–Kier alpha value is -1.37. The maximum Gasteiger partial charge on any atom is 0.167 e. The molecule has 0 bridgehead atoms. The van der Waals surface area contributed by atoms with E-state index in [1.54, 1.807) is 7.05 Å². The summed E-state index contributed by atoms with van der Waals surface area (Å²) in [5, 5.41) is 3.85. The Kier molecular flexibility index (Phi) is 6.30. The number of sulfone groups is 1. The van der Waals surface area contributed by atoms with Crippen molar-refractivity contribution in [2.45, 2.75) is 32.9 Å². The zero-order valence-corrected chi connectivity index (χ0v) is 16.8. The second-order valence-corrected chi connectivity index (χ2v) is 10.2. The van der Waals surface area contributed by atoms with E-state index in [0.717, 1.165) is 36.0 Å². The Morgan fingerprint density at radius 3 is 2.60 bits per heavy atom. The maximum absolute atomic E-state index is 12.0. The molecule has 1 heterocycles. The predicted molar refractivity (Wildman–Crippen MR) is 106 cm³/mol. The Labute approximate surface area is 151 Å². The number of nitrogens with one attached hydrogen (secondary N) is 2. The fourth-order valence-corrected chi connectivity index (χ4v) is 4.48. The van der Waals surface area contributed by atoms with Crippen molar-refractivity contribution in [2.24, 2.45) is 5.41 Å².